The number of piperidine rings is 1. The molecule has 1 fully saturated rings. The van der Waals surface area contributed by atoms with Crippen LogP contribution in [0, 0.1) is 17.6 Å². The van der Waals surface area contributed by atoms with Crippen molar-refractivity contribution in [2.45, 2.75) is 32.7 Å². The number of likely N-dealkylation sites (tertiary alicyclic amines) is 1. The molecule has 6 heteroatoms. The smallest absolute Gasteiger partial charge is 0.139 e. The Bertz CT molecular complexity index is 1100. The molecule has 0 radical (unpaired) electrons. The Morgan fingerprint density at radius 3 is 2.11 bits per heavy atom. The maximum absolute atomic E-state index is 13.7. The zero-order valence-corrected chi connectivity index (χ0v) is 21.7. The maximum Gasteiger partial charge on any atom is 0.139 e. The van der Waals surface area contributed by atoms with E-state index < -0.39 is 0 Å². The van der Waals surface area contributed by atoms with Crippen LogP contribution in [0.1, 0.15) is 42.9 Å². The van der Waals surface area contributed by atoms with Crippen molar-refractivity contribution in [3.8, 4) is 5.75 Å². The van der Waals surface area contributed by atoms with Crippen molar-refractivity contribution in [3.63, 3.8) is 0 Å². The Labute approximate surface area is 218 Å². The molecule has 3 aromatic rings. The molecule has 37 heavy (non-hydrogen) atoms. The summed E-state index contributed by atoms with van der Waals surface area (Å²) in [7, 11) is 0. The molecule has 0 amide bonds. The van der Waals surface area contributed by atoms with Crippen LogP contribution in [0.2, 0.25) is 0 Å². The zero-order chi connectivity index (χ0) is 26.2. The molecule has 1 heterocycles. The number of ketones is 1. The van der Waals surface area contributed by atoms with Gasteiger partial charge in [-0.15, -0.1) is 0 Å². The number of nitrogens with zero attached hydrogens (tertiary/aromatic N) is 2. The lowest BCUT2D eigenvalue weighted by molar-refractivity contribution is -0.126. The van der Waals surface area contributed by atoms with E-state index in [2.05, 4.69) is 29.7 Å². The number of halogens is 2. The number of carbonyl (C=O) groups is 1. The van der Waals surface area contributed by atoms with Gasteiger partial charge in [0.25, 0.3) is 0 Å². The van der Waals surface area contributed by atoms with Gasteiger partial charge in [0.1, 0.15) is 29.8 Å². The molecule has 1 unspecified atom stereocenters. The summed E-state index contributed by atoms with van der Waals surface area (Å²) >= 11 is 0. The maximum atomic E-state index is 13.7. The van der Waals surface area contributed by atoms with E-state index in [4.69, 9.17) is 4.74 Å². The molecule has 1 aliphatic heterocycles. The van der Waals surface area contributed by atoms with Gasteiger partial charge in [0.15, 0.2) is 0 Å². The Morgan fingerprint density at radius 1 is 0.919 bits per heavy atom. The highest BCUT2D eigenvalue weighted by molar-refractivity contribution is 5.83. The second-order valence-electron chi connectivity index (χ2n) is 9.62. The van der Waals surface area contributed by atoms with E-state index in [1.807, 2.05) is 18.2 Å². The van der Waals surface area contributed by atoms with Gasteiger partial charge in [-0.2, -0.15) is 0 Å². The Hall–Kier alpha value is -3.09. The van der Waals surface area contributed by atoms with Gasteiger partial charge in [-0.3, -0.25) is 9.69 Å². The SMILES string of the molecule is CCN(CC)CCOc1ccccc1CN1CCC(=O)C(C(c2ccc(F)cc2)c2ccc(F)cc2)C1. The van der Waals surface area contributed by atoms with Crippen LogP contribution in [0.4, 0.5) is 8.78 Å². The number of para-hydroxylation sites is 1. The number of hydrogen-bond donors (Lipinski definition) is 0. The third-order valence-electron chi connectivity index (χ3n) is 7.33. The largest absolute Gasteiger partial charge is 0.492 e. The van der Waals surface area contributed by atoms with Gasteiger partial charge in [0, 0.05) is 50.0 Å². The Kier molecular flexibility index (Phi) is 9.42. The van der Waals surface area contributed by atoms with Crippen LogP contribution < -0.4 is 4.74 Å². The molecule has 0 bridgehead atoms. The summed E-state index contributed by atoms with van der Waals surface area (Å²) in [5, 5.41) is 0. The number of Topliss-reactive ketones (excluding diaryl/α,β-unsaturated/α-hetero) is 1. The van der Waals surface area contributed by atoms with Gasteiger partial charge in [0.05, 0.1) is 0 Å². The minimum absolute atomic E-state index is 0.179. The number of carbonyl (C=O) groups excluding carboxylic acids is 1. The average molecular weight is 507 g/mol. The highest BCUT2D eigenvalue weighted by Crippen LogP contribution is 2.36. The lowest BCUT2D eigenvalue weighted by atomic mass is 9.76. The van der Waals surface area contributed by atoms with Crippen LogP contribution in [0.3, 0.4) is 0 Å². The van der Waals surface area contributed by atoms with Crippen molar-refractivity contribution in [1.29, 1.82) is 0 Å². The van der Waals surface area contributed by atoms with E-state index in [9.17, 15) is 13.6 Å². The van der Waals surface area contributed by atoms with Crippen molar-refractivity contribution in [2.75, 3.05) is 39.3 Å². The quantitative estimate of drug-likeness (QED) is 0.324. The summed E-state index contributed by atoms with van der Waals surface area (Å²) in [6.45, 7) is 9.68. The number of likely N-dealkylation sites (N-methyl/N-ethyl adjacent to an activating group) is 1. The van der Waals surface area contributed by atoms with Crippen LogP contribution in [0.5, 0.6) is 5.75 Å². The average Bonchev–Trinajstić information content (AvgIpc) is 2.91. The molecule has 0 saturated carbocycles. The standard InChI is InChI=1S/C31H36F2N2O2/c1-3-34(4-2)19-20-37-30-8-6-5-7-25(30)21-35-18-17-29(36)28(22-35)31(23-9-13-26(32)14-10-23)24-11-15-27(33)16-12-24/h5-16,28,31H,3-4,17-22H2,1-2H3. The minimum atomic E-state index is -0.323. The van der Waals surface area contributed by atoms with Crippen molar-refractivity contribution in [3.05, 3.63) is 101 Å². The van der Waals surface area contributed by atoms with Crippen LogP contribution >= 0.6 is 0 Å². The molecule has 0 N–H and O–H groups in total. The number of benzene rings is 3. The molecule has 0 aromatic heterocycles. The fraction of sp³-hybridized carbons (Fsp3) is 0.387. The molecular formula is C31H36F2N2O2. The molecule has 1 atom stereocenters. The van der Waals surface area contributed by atoms with Gasteiger partial charge >= 0.3 is 0 Å². The van der Waals surface area contributed by atoms with Gasteiger partial charge in [-0.1, -0.05) is 56.3 Å². The highest BCUT2D eigenvalue weighted by Gasteiger charge is 2.35. The topological polar surface area (TPSA) is 32.8 Å². The van der Waals surface area contributed by atoms with Gasteiger partial charge < -0.3 is 9.64 Å². The first-order chi connectivity index (χ1) is 18.0. The van der Waals surface area contributed by atoms with E-state index >= 15 is 0 Å². The van der Waals surface area contributed by atoms with Crippen LogP contribution in [-0.2, 0) is 11.3 Å². The highest BCUT2D eigenvalue weighted by atomic mass is 19.1. The lowest BCUT2D eigenvalue weighted by Crippen LogP contribution is -2.43. The minimum Gasteiger partial charge on any atom is -0.492 e. The van der Waals surface area contributed by atoms with E-state index in [1.54, 1.807) is 24.3 Å². The summed E-state index contributed by atoms with van der Waals surface area (Å²) in [5.41, 5.74) is 2.80. The van der Waals surface area contributed by atoms with E-state index in [0.717, 1.165) is 42.1 Å². The molecule has 0 aliphatic carbocycles. The van der Waals surface area contributed by atoms with Gasteiger partial charge in [-0.05, 0) is 54.5 Å². The number of rotatable bonds is 11. The van der Waals surface area contributed by atoms with Crippen LogP contribution in [-0.4, -0.2) is 54.9 Å². The second-order valence-corrected chi connectivity index (χ2v) is 9.62. The predicted octanol–water partition coefficient (Wildman–Crippen LogP) is 5.91. The first-order valence-corrected chi connectivity index (χ1v) is 13.2. The summed E-state index contributed by atoms with van der Waals surface area (Å²) in [6, 6.07) is 20.7. The zero-order valence-electron chi connectivity index (χ0n) is 21.7. The molecular weight excluding hydrogens is 470 g/mol. The normalized spacial score (nSPS) is 16.5. The van der Waals surface area contributed by atoms with Crippen LogP contribution in [0.25, 0.3) is 0 Å². The molecule has 196 valence electrons. The molecule has 3 aromatic carbocycles. The van der Waals surface area contributed by atoms with Crippen molar-refractivity contribution in [1.82, 2.24) is 9.80 Å². The summed E-state index contributed by atoms with van der Waals surface area (Å²) in [5.74, 6) is -0.195. The van der Waals surface area contributed by atoms with Gasteiger partial charge in [0.2, 0.25) is 0 Å². The summed E-state index contributed by atoms with van der Waals surface area (Å²) in [6.07, 6.45) is 0.439. The fourth-order valence-electron chi connectivity index (χ4n) is 5.20. The molecule has 4 nitrogen and oxygen atoms in total. The predicted molar refractivity (Wildman–Crippen MR) is 143 cm³/mol. The molecule has 0 spiro atoms. The summed E-state index contributed by atoms with van der Waals surface area (Å²) < 4.78 is 33.6. The van der Waals surface area contributed by atoms with Crippen LogP contribution in [0.15, 0.2) is 72.8 Å². The van der Waals surface area contributed by atoms with E-state index in [0.29, 0.717) is 32.7 Å². The van der Waals surface area contributed by atoms with Crippen molar-refractivity contribution in [2.24, 2.45) is 5.92 Å². The first kappa shape index (κ1) is 27.0. The number of ether oxygens (including phenoxy) is 1. The fourth-order valence-corrected chi connectivity index (χ4v) is 5.20. The molecule has 1 aliphatic rings. The molecule has 1 saturated heterocycles. The summed E-state index contributed by atoms with van der Waals surface area (Å²) in [4.78, 5) is 17.9. The third-order valence-corrected chi connectivity index (χ3v) is 7.33. The third kappa shape index (κ3) is 7.02. The second kappa shape index (κ2) is 12.9. The monoisotopic (exact) mass is 506 g/mol. The van der Waals surface area contributed by atoms with Crippen molar-refractivity contribution < 1.29 is 18.3 Å². The number of hydrogen-bond acceptors (Lipinski definition) is 4. The lowest BCUT2D eigenvalue weighted by Gasteiger charge is -2.36. The molecule has 4 rings (SSSR count). The first-order valence-electron chi connectivity index (χ1n) is 13.2. The van der Waals surface area contributed by atoms with Gasteiger partial charge in [-0.25, -0.2) is 8.78 Å². The van der Waals surface area contributed by atoms with Crippen molar-refractivity contribution >= 4 is 5.78 Å². The Morgan fingerprint density at radius 2 is 1.51 bits per heavy atom. The van der Waals surface area contributed by atoms with E-state index in [1.165, 1.54) is 24.3 Å². The van der Waals surface area contributed by atoms with E-state index in [-0.39, 0.29) is 29.3 Å². The Balaban J connectivity index is 1.53.